The van der Waals surface area contributed by atoms with Crippen molar-refractivity contribution in [2.75, 3.05) is 0 Å². The Kier molecular flexibility index (Phi) is 1.89. The Hall–Kier alpha value is -0.0400. The minimum Gasteiger partial charge on any atom is -0.390 e. The molecule has 4 bridgehead atoms. The molecule has 0 aromatic heterocycles. The Morgan fingerprint density at radius 2 is 1.53 bits per heavy atom. The van der Waals surface area contributed by atoms with Gasteiger partial charge >= 0.3 is 0 Å². The monoisotopic (exact) mass is 208 g/mol. The van der Waals surface area contributed by atoms with E-state index in [2.05, 4.69) is 20.8 Å². The second-order valence-electron chi connectivity index (χ2n) is 7.59. The number of hydrogen-bond donors (Lipinski definition) is 1. The predicted octanol–water partition coefficient (Wildman–Crippen LogP) is 3.22. The van der Waals surface area contributed by atoms with Crippen molar-refractivity contribution in [3.63, 3.8) is 0 Å². The first-order valence-electron chi connectivity index (χ1n) is 6.60. The smallest absolute Gasteiger partial charge is 0.0656 e. The molecule has 1 heteroatoms. The average Bonchev–Trinajstić information content (AvgIpc) is 1.94. The van der Waals surface area contributed by atoms with E-state index in [1.54, 1.807) is 0 Å². The number of aliphatic hydroxyl groups is 1. The zero-order chi connectivity index (χ0) is 10.8. The van der Waals surface area contributed by atoms with E-state index in [9.17, 15) is 5.11 Å². The first kappa shape index (κ1) is 10.1. The minimum atomic E-state index is -0.252. The van der Waals surface area contributed by atoms with Crippen LogP contribution in [0.5, 0.6) is 0 Å². The van der Waals surface area contributed by atoms with Gasteiger partial charge < -0.3 is 5.11 Å². The molecule has 0 aromatic carbocycles. The Bertz CT molecular complexity index is 260. The molecule has 4 rings (SSSR count). The lowest BCUT2D eigenvalue weighted by atomic mass is 9.46. The Labute approximate surface area is 93.3 Å². The summed E-state index contributed by atoms with van der Waals surface area (Å²) in [4.78, 5) is 0. The molecule has 4 aliphatic rings. The molecule has 2 unspecified atom stereocenters. The van der Waals surface area contributed by atoms with Crippen molar-refractivity contribution in [1.29, 1.82) is 0 Å². The van der Waals surface area contributed by atoms with Crippen LogP contribution in [-0.4, -0.2) is 10.7 Å². The molecule has 0 saturated heterocycles. The van der Waals surface area contributed by atoms with Gasteiger partial charge in [0, 0.05) is 0 Å². The quantitative estimate of drug-likeness (QED) is 0.648. The van der Waals surface area contributed by atoms with E-state index >= 15 is 0 Å². The van der Waals surface area contributed by atoms with Crippen LogP contribution in [0.4, 0.5) is 0 Å². The normalized spacial score (nSPS) is 53.6. The van der Waals surface area contributed by atoms with Gasteiger partial charge in [-0.3, -0.25) is 0 Å². The zero-order valence-electron chi connectivity index (χ0n) is 10.3. The molecule has 4 saturated carbocycles. The van der Waals surface area contributed by atoms with Gasteiger partial charge in [-0.15, -0.1) is 0 Å². The highest BCUT2D eigenvalue weighted by atomic mass is 16.3. The van der Waals surface area contributed by atoms with Crippen molar-refractivity contribution in [2.45, 2.75) is 58.5 Å². The largest absolute Gasteiger partial charge is 0.390 e. The highest BCUT2D eigenvalue weighted by Gasteiger charge is 2.56. The minimum absolute atomic E-state index is 0.252. The summed E-state index contributed by atoms with van der Waals surface area (Å²) in [6.45, 7) is 7.18. The highest BCUT2D eigenvalue weighted by Crippen LogP contribution is 2.61. The summed E-state index contributed by atoms with van der Waals surface area (Å²) < 4.78 is 0. The maximum Gasteiger partial charge on any atom is 0.0656 e. The van der Waals surface area contributed by atoms with Crippen molar-refractivity contribution in [1.82, 2.24) is 0 Å². The van der Waals surface area contributed by atoms with E-state index in [0.717, 1.165) is 42.9 Å². The zero-order valence-corrected chi connectivity index (χ0v) is 10.3. The third-order valence-corrected chi connectivity index (χ3v) is 5.24. The predicted molar refractivity (Wildman–Crippen MR) is 61.4 cm³/mol. The van der Waals surface area contributed by atoms with Gasteiger partial charge in [0.2, 0.25) is 0 Å². The van der Waals surface area contributed by atoms with E-state index in [0.29, 0.717) is 5.41 Å². The highest BCUT2D eigenvalue weighted by molar-refractivity contribution is 5.07. The molecule has 86 valence electrons. The van der Waals surface area contributed by atoms with E-state index < -0.39 is 0 Å². The summed E-state index contributed by atoms with van der Waals surface area (Å²) >= 11 is 0. The van der Waals surface area contributed by atoms with Crippen LogP contribution in [0.2, 0.25) is 0 Å². The summed E-state index contributed by atoms with van der Waals surface area (Å²) in [7, 11) is 0. The van der Waals surface area contributed by atoms with Gasteiger partial charge in [-0.05, 0) is 61.2 Å². The SMILES string of the molecule is CC(C)(C)C1C2CC3CC1CC(O)(C3)C2. The van der Waals surface area contributed by atoms with Crippen LogP contribution in [0, 0.1) is 29.1 Å². The van der Waals surface area contributed by atoms with Gasteiger partial charge in [0.15, 0.2) is 0 Å². The van der Waals surface area contributed by atoms with Crippen molar-refractivity contribution in [2.24, 2.45) is 29.1 Å². The van der Waals surface area contributed by atoms with E-state index in [1.165, 1.54) is 12.8 Å². The van der Waals surface area contributed by atoms with Crippen molar-refractivity contribution >= 4 is 0 Å². The summed E-state index contributed by atoms with van der Waals surface area (Å²) in [5, 5.41) is 10.5. The third kappa shape index (κ3) is 1.46. The molecule has 0 radical (unpaired) electrons. The average molecular weight is 208 g/mol. The van der Waals surface area contributed by atoms with Crippen molar-refractivity contribution in [3.8, 4) is 0 Å². The molecule has 0 aliphatic heterocycles. The van der Waals surface area contributed by atoms with Gasteiger partial charge in [-0.1, -0.05) is 20.8 Å². The van der Waals surface area contributed by atoms with Crippen LogP contribution in [0.25, 0.3) is 0 Å². The fourth-order valence-corrected chi connectivity index (χ4v) is 5.40. The standard InChI is InChI=1S/C14H24O/c1-13(2,3)12-10-4-9-5-11(12)8-14(15,6-9)7-10/h9-12,15H,4-8H2,1-3H3. The van der Waals surface area contributed by atoms with Crippen LogP contribution in [0.15, 0.2) is 0 Å². The van der Waals surface area contributed by atoms with Crippen molar-refractivity contribution < 1.29 is 5.11 Å². The van der Waals surface area contributed by atoms with Crippen LogP contribution in [-0.2, 0) is 0 Å². The molecule has 1 nitrogen and oxygen atoms in total. The van der Waals surface area contributed by atoms with Gasteiger partial charge in [0.25, 0.3) is 0 Å². The molecule has 0 aromatic rings. The Morgan fingerprint density at radius 1 is 1.00 bits per heavy atom. The molecule has 15 heavy (non-hydrogen) atoms. The van der Waals surface area contributed by atoms with Gasteiger partial charge in [0.05, 0.1) is 5.60 Å². The molecule has 0 spiro atoms. The van der Waals surface area contributed by atoms with Crippen LogP contribution in [0.1, 0.15) is 52.9 Å². The Balaban J connectivity index is 1.91. The molecular weight excluding hydrogens is 184 g/mol. The van der Waals surface area contributed by atoms with Gasteiger partial charge in [-0.25, -0.2) is 0 Å². The van der Waals surface area contributed by atoms with Crippen LogP contribution in [0.3, 0.4) is 0 Å². The fraction of sp³-hybridized carbons (Fsp3) is 1.00. The maximum atomic E-state index is 10.5. The number of rotatable bonds is 0. The summed E-state index contributed by atoms with van der Waals surface area (Å²) in [6.07, 6.45) is 6.11. The summed E-state index contributed by atoms with van der Waals surface area (Å²) in [6, 6.07) is 0. The van der Waals surface area contributed by atoms with Gasteiger partial charge in [0.1, 0.15) is 0 Å². The fourth-order valence-electron chi connectivity index (χ4n) is 5.40. The molecule has 0 heterocycles. The van der Waals surface area contributed by atoms with Crippen LogP contribution < -0.4 is 0 Å². The Morgan fingerprint density at radius 3 is 1.93 bits per heavy atom. The molecule has 1 N–H and O–H groups in total. The third-order valence-electron chi connectivity index (χ3n) is 5.24. The molecule has 4 aliphatic carbocycles. The number of hydrogen-bond acceptors (Lipinski definition) is 1. The summed E-state index contributed by atoms with van der Waals surface area (Å²) in [5.74, 6) is 3.36. The van der Waals surface area contributed by atoms with Crippen molar-refractivity contribution in [3.05, 3.63) is 0 Å². The lowest BCUT2D eigenvalue weighted by Gasteiger charge is -2.61. The second kappa shape index (κ2) is 2.80. The summed E-state index contributed by atoms with van der Waals surface area (Å²) in [5.41, 5.74) is 0.192. The topological polar surface area (TPSA) is 20.2 Å². The molecule has 2 atom stereocenters. The molecule has 4 fully saturated rings. The van der Waals surface area contributed by atoms with E-state index in [4.69, 9.17) is 0 Å². The molecular formula is C14H24O. The van der Waals surface area contributed by atoms with Gasteiger partial charge in [-0.2, -0.15) is 0 Å². The molecule has 0 amide bonds. The second-order valence-corrected chi connectivity index (χ2v) is 7.59. The van der Waals surface area contributed by atoms with E-state index in [-0.39, 0.29) is 5.60 Å². The lowest BCUT2D eigenvalue weighted by molar-refractivity contribution is -0.172. The van der Waals surface area contributed by atoms with Crippen LogP contribution >= 0.6 is 0 Å². The maximum absolute atomic E-state index is 10.5. The first-order valence-corrected chi connectivity index (χ1v) is 6.60. The van der Waals surface area contributed by atoms with E-state index in [1.807, 2.05) is 0 Å². The lowest BCUT2D eigenvalue weighted by Crippen LogP contribution is -2.57. The first-order chi connectivity index (χ1) is 6.87.